The predicted octanol–water partition coefficient (Wildman–Crippen LogP) is 3.89. The van der Waals surface area contributed by atoms with Crippen molar-refractivity contribution in [2.24, 2.45) is 5.92 Å². The molecule has 0 saturated carbocycles. The zero-order chi connectivity index (χ0) is 22.5. The molecule has 0 bridgehead atoms. The van der Waals surface area contributed by atoms with E-state index in [9.17, 15) is 9.59 Å². The van der Waals surface area contributed by atoms with Crippen LogP contribution in [0, 0.1) is 5.92 Å². The molecular weight excluding hydrogens is 424 g/mol. The SMILES string of the molecule is CCc1ccccc1N1CC(C(=O)Nc2nnc(CCc3ccc(OC)cc3)s2)CC1=O. The third-order valence-corrected chi connectivity index (χ3v) is 6.54. The molecule has 1 aromatic heterocycles. The molecule has 1 saturated heterocycles. The molecule has 2 amide bonds. The first kappa shape index (κ1) is 22.0. The molecule has 0 radical (unpaired) electrons. The summed E-state index contributed by atoms with van der Waals surface area (Å²) in [7, 11) is 1.65. The molecule has 1 aliphatic heterocycles. The second-order valence-electron chi connectivity index (χ2n) is 7.73. The van der Waals surface area contributed by atoms with Gasteiger partial charge in [-0.15, -0.1) is 10.2 Å². The number of ether oxygens (including phenoxy) is 1. The predicted molar refractivity (Wildman–Crippen MR) is 125 cm³/mol. The summed E-state index contributed by atoms with van der Waals surface area (Å²) in [6, 6.07) is 15.8. The van der Waals surface area contributed by atoms with E-state index in [0.29, 0.717) is 11.7 Å². The Morgan fingerprint density at radius 2 is 1.94 bits per heavy atom. The number of nitrogens with zero attached hydrogens (tertiary/aromatic N) is 3. The smallest absolute Gasteiger partial charge is 0.231 e. The van der Waals surface area contributed by atoms with Crippen molar-refractivity contribution in [3.05, 3.63) is 64.7 Å². The quantitative estimate of drug-likeness (QED) is 0.563. The van der Waals surface area contributed by atoms with Gasteiger partial charge in [0.1, 0.15) is 10.8 Å². The number of anilines is 2. The highest BCUT2D eigenvalue weighted by Gasteiger charge is 2.36. The summed E-state index contributed by atoms with van der Waals surface area (Å²) in [5, 5.41) is 12.5. The summed E-state index contributed by atoms with van der Waals surface area (Å²) in [4.78, 5) is 27.1. The maximum absolute atomic E-state index is 12.8. The lowest BCUT2D eigenvalue weighted by Crippen LogP contribution is -2.28. The van der Waals surface area contributed by atoms with Gasteiger partial charge in [-0.25, -0.2) is 0 Å². The fourth-order valence-corrected chi connectivity index (χ4v) is 4.59. The van der Waals surface area contributed by atoms with E-state index in [0.717, 1.165) is 41.3 Å². The molecule has 32 heavy (non-hydrogen) atoms. The van der Waals surface area contributed by atoms with Crippen molar-refractivity contribution in [3.63, 3.8) is 0 Å². The molecule has 166 valence electrons. The van der Waals surface area contributed by atoms with Crippen molar-refractivity contribution in [2.45, 2.75) is 32.6 Å². The minimum absolute atomic E-state index is 0.0245. The Labute approximate surface area is 191 Å². The molecule has 7 nitrogen and oxygen atoms in total. The van der Waals surface area contributed by atoms with Gasteiger partial charge < -0.3 is 15.0 Å². The number of aromatic nitrogens is 2. The van der Waals surface area contributed by atoms with E-state index in [-0.39, 0.29) is 18.2 Å². The van der Waals surface area contributed by atoms with Gasteiger partial charge in [0.15, 0.2) is 0 Å². The van der Waals surface area contributed by atoms with Gasteiger partial charge in [-0.05, 0) is 42.2 Å². The standard InChI is InChI=1S/C24H26N4O3S/c1-3-17-6-4-5-7-20(17)28-15-18(14-22(28)29)23(30)25-24-27-26-21(32-24)13-10-16-8-11-19(31-2)12-9-16/h4-9,11-12,18H,3,10,13-15H2,1-2H3,(H,25,27,30). The molecule has 1 atom stereocenters. The van der Waals surface area contributed by atoms with Crippen LogP contribution in [-0.2, 0) is 28.9 Å². The molecule has 3 aromatic rings. The van der Waals surface area contributed by atoms with Gasteiger partial charge in [0, 0.05) is 25.1 Å². The minimum atomic E-state index is -0.404. The minimum Gasteiger partial charge on any atom is -0.497 e. The second kappa shape index (κ2) is 9.91. The summed E-state index contributed by atoms with van der Waals surface area (Å²) in [6.07, 6.45) is 2.60. The molecule has 2 heterocycles. The monoisotopic (exact) mass is 450 g/mol. The number of amides is 2. The number of carbonyl (C=O) groups excluding carboxylic acids is 2. The van der Waals surface area contributed by atoms with Gasteiger partial charge in [-0.3, -0.25) is 9.59 Å². The number of rotatable bonds is 8. The average Bonchev–Trinajstić information content (AvgIpc) is 3.44. The first-order valence-electron chi connectivity index (χ1n) is 10.7. The van der Waals surface area contributed by atoms with Gasteiger partial charge in [0.2, 0.25) is 16.9 Å². The highest BCUT2D eigenvalue weighted by molar-refractivity contribution is 7.15. The number of benzene rings is 2. The lowest BCUT2D eigenvalue weighted by molar-refractivity contribution is -0.122. The van der Waals surface area contributed by atoms with E-state index >= 15 is 0 Å². The molecule has 4 rings (SSSR count). The largest absolute Gasteiger partial charge is 0.497 e. The van der Waals surface area contributed by atoms with Crippen molar-refractivity contribution in [2.75, 3.05) is 23.9 Å². The van der Waals surface area contributed by atoms with Gasteiger partial charge in [0.25, 0.3) is 0 Å². The van der Waals surface area contributed by atoms with Crippen LogP contribution in [0.15, 0.2) is 48.5 Å². The molecule has 1 unspecified atom stereocenters. The Morgan fingerprint density at radius 1 is 1.16 bits per heavy atom. The summed E-state index contributed by atoms with van der Waals surface area (Å²) < 4.78 is 5.18. The fraction of sp³-hybridized carbons (Fsp3) is 0.333. The first-order chi connectivity index (χ1) is 15.6. The van der Waals surface area contributed by atoms with Crippen LogP contribution in [0.5, 0.6) is 5.75 Å². The number of carbonyl (C=O) groups is 2. The van der Waals surface area contributed by atoms with Crippen molar-refractivity contribution in [1.29, 1.82) is 0 Å². The van der Waals surface area contributed by atoms with Gasteiger partial charge in [-0.1, -0.05) is 48.6 Å². The Hall–Kier alpha value is -3.26. The van der Waals surface area contributed by atoms with Crippen molar-refractivity contribution in [3.8, 4) is 5.75 Å². The van der Waals surface area contributed by atoms with Crippen LogP contribution in [0.2, 0.25) is 0 Å². The number of methoxy groups -OCH3 is 1. The van der Waals surface area contributed by atoms with Crippen LogP contribution in [0.3, 0.4) is 0 Å². The van der Waals surface area contributed by atoms with Crippen molar-refractivity contribution >= 4 is 34.0 Å². The third kappa shape index (κ3) is 4.96. The third-order valence-electron chi connectivity index (χ3n) is 5.64. The van der Waals surface area contributed by atoms with Crippen LogP contribution in [0.25, 0.3) is 0 Å². The molecule has 0 spiro atoms. The van der Waals surface area contributed by atoms with Crippen LogP contribution in [-0.4, -0.2) is 35.7 Å². The molecule has 1 aliphatic rings. The summed E-state index contributed by atoms with van der Waals surface area (Å²) in [6.45, 7) is 2.44. The van der Waals surface area contributed by atoms with Crippen LogP contribution in [0.4, 0.5) is 10.8 Å². The maximum Gasteiger partial charge on any atom is 0.231 e. The zero-order valence-corrected chi connectivity index (χ0v) is 19.0. The second-order valence-corrected chi connectivity index (χ2v) is 8.79. The molecular formula is C24H26N4O3S. The topological polar surface area (TPSA) is 84.4 Å². The van der Waals surface area contributed by atoms with Crippen LogP contribution < -0.4 is 15.0 Å². The van der Waals surface area contributed by atoms with Crippen LogP contribution in [0.1, 0.15) is 29.5 Å². The van der Waals surface area contributed by atoms with Crippen molar-refractivity contribution in [1.82, 2.24) is 10.2 Å². The van der Waals surface area contributed by atoms with E-state index in [4.69, 9.17) is 4.74 Å². The Kier molecular flexibility index (Phi) is 6.80. The van der Waals surface area contributed by atoms with E-state index < -0.39 is 5.92 Å². The zero-order valence-electron chi connectivity index (χ0n) is 18.2. The molecule has 1 fully saturated rings. The highest BCUT2D eigenvalue weighted by Crippen LogP contribution is 2.29. The van der Waals surface area contributed by atoms with Gasteiger partial charge >= 0.3 is 0 Å². The Morgan fingerprint density at radius 3 is 2.69 bits per heavy atom. The average molecular weight is 451 g/mol. The maximum atomic E-state index is 12.8. The fourth-order valence-electron chi connectivity index (χ4n) is 3.85. The Bertz CT molecular complexity index is 1100. The number of para-hydroxylation sites is 1. The lowest BCUT2D eigenvalue weighted by atomic mass is 10.1. The first-order valence-corrected chi connectivity index (χ1v) is 11.5. The summed E-state index contributed by atoms with van der Waals surface area (Å²) in [5.41, 5.74) is 3.18. The normalized spacial score (nSPS) is 15.8. The number of hydrogen-bond acceptors (Lipinski definition) is 6. The lowest BCUT2D eigenvalue weighted by Gasteiger charge is -2.19. The van der Waals surface area contributed by atoms with E-state index in [2.05, 4.69) is 22.4 Å². The molecule has 1 N–H and O–H groups in total. The van der Waals surface area contributed by atoms with Gasteiger partial charge in [-0.2, -0.15) is 0 Å². The summed E-state index contributed by atoms with van der Waals surface area (Å²) in [5.74, 6) is 0.215. The van der Waals surface area contributed by atoms with Crippen LogP contribution >= 0.6 is 11.3 Å². The molecule has 8 heteroatoms. The summed E-state index contributed by atoms with van der Waals surface area (Å²) >= 11 is 1.37. The highest BCUT2D eigenvalue weighted by atomic mass is 32.1. The Balaban J connectivity index is 1.33. The van der Waals surface area contributed by atoms with Crippen molar-refractivity contribution < 1.29 is 14.3 Å². The molecule has 2 aromatic carbocycles. The van der Waals surface area contributed by atoms with E-state index in [1.165, 1.54) is 16.9 Å². The number of nitrogens with one attached hydrogen (secondary N) is 1. The molecule has 0 aliphatic carbocycles. The van der Waals surface area contributed by atoms with Gasteiger partial charge in [0.05, 0.1) is 13.0 Å². The number of aryl methyl sites for hydroxylation is 3. The van der Waals surface area contributed by atoms with E-state index in [1.807, 2.05) is 48.5 Å². The van der Waals surface area contributed by atoms with E-state index in [1.54, 1.807) is 12.0 Å². The number of hydrogen-bond donors (Lipinski definition) is 1.